The summed E-state index contributed by atoms with van der Waals surface area (Å²) in [6.07, 6.45) is 1.28. The Kier molecular flexibility index (Phi) is 3.65. The minimum absolute atomic E-state index is 0.730. The predicted octanol–water partition coefficient (Wildman–Crippen LogP) is 2.23. The van der Waals surface area contributed by atoms with Crippen molar-refractivity contribution in [1.82, 2.24) is 4.90 Å². The lowest BCUT2D eigenvalue weighted by Crippen LogP contribution is -2.19. The SMILES string of the molecule is Cc1cc(C#N)ccc1NCC1CCN(C)C1. The number of likely N-dealkylation sites (tertiary alicyclic amines) is 1. The Hall–Kier alpha value is -1.53. The zero-order valence-corrected chi connectivity index (χ0v) is 10.5. The number of anilines is 1. The molecule has 1 heterocycles. The Morgan fingerprint density at radius 2 is 2.35 bits per heavy atom. The molecule has 1 atom stereocenters. The van der Waals surface area contributed by atoms with Crippen LogP contribution in [0.1, 0.15) is 17.5 Å². The van der Waals surface area contributed by atoms with Gasteiger partial charge >= 0.3 is 0 Å². The Morgan fingerprint density at radius 1 is 1.53 bits per heavy atom. The van der Waals surface area contributed by atoms with Gasteiger partial charge in [0.15, 0.2) is 0 Å². The molecule has 3 heteroatoms. The van der Waals surface area contributed by atoms with Gasteiger partial charge in [0, 0.05) is 18.8 Å². The highest BCUT2D eigenvalue weighted by atomic mass is 15.1. The number of nitrogens with one attached hydrogen (secondary N) is 1. The van der Waals surface area contributed by atoms with E-state index in [-0.39, 0.29) is 0 Å². The number of hydrogen-bond donors (Lipinski definition) is 1. The Bertz CT molecular complexity index is 434. The molecule has 1 saturated heterocycles. The molecule has 1 N–H and O–H groups in total. The summed E-state index contributed by atoms with van der Waals surface area (Å²) in [5.74, 6) is 0.745. The van der Waals surface area contributed by atoms with Crippen molar-refractivity contribution >= 4 is 5.69 Å². The van der Waals surface area contributed by atoms with Crippen LogP contribution >= 0.6 is 0 Å². The number of benzene rings is 1. The van der Waals surface area contributed by atoms with Crippen LogP contribution in [0.2, 0.25) is 0 Å². The Balaban J connectivity index is 1.93. The van der Waals surface area contributed by atoms with Crippen LogP contribution in [0.3, 0.4) is 0 Å². The average Bonchev–Trinajstić information content (AvgIpc) is 2.73. The van der Waals surface area contributed by atoms with Gasteiger partial charge in [0.05, 0.1) is 11.6 Å². The fraction of sp³-hybridized carbons (Fsp3) is 0.500. The highest BCUT2D eigenvalue weighted by Gasteiger charge is 2.18. The molecule has 2 rings (SSSR count). The van der Waals surface area contributed by atoms with E-state index in [1.807, 2.05) is 25.1 Å². The summed E-state index contributed by atoms with van der Waals surface area (Å²) in [7, 11) is 2.17. The highest BCUT2D eigenvalue weighted by Crippen LogP contribution is 2.19. The first kappa shape index (κ1) is 11.9. The fourth-order valence-electron chi connectivity index (χ4n) is 2.38. The second-order valence-electron chi connectivity index (χ2n) is 4.94. The van der Waals surface area contributed by atoms with E-state index in [0.717, 1.165) is 29.3 Å². The van der Waals surface area contributed by atoms with Gasteiger partial charge in [0.2, 0.25) is 0 Å². The van der Waals surface area contributed by atoms with Crippen molar-refractivity contribution in [2.24, 2.45) is 5.92 Å². The van der Waals surface area contributed by atoms with Gasteiger partial charge in [-0.15, -0.1) is 0 Å². The number of rotatable bonds is 3. The van der Waals surface area contributed by atoms with E-state index in [2.05, 4.69) is 23.3 Å². The van der Waals surface area contributed by atoms with Crippen LogP contribution < -0.4 is 5.32 Å². The summed E-state index contributed by atoms with van der Waals surface area (Å²) in [6.45, 7) is 5.46. The van der Waals surface area contributed by atoms with Crippen LogP contribution in [0.4, 0.5) is 5.69 Å². The quantitative estimate of drug-likeness (QED) is 0.864. The van der Waals surface area contributed by atoms with Gasteiger partial charge in [0.25, 0.3) is 0 Å². The van der Waals surface area contributed by atoms with Gasteiger partial charge in [-0.05, 0) is 56.6 Å². The molecule has 1 aromatic carbocycles. The van der Waals surface area contributed by atoms with Gasteiger partial charge < -0.3 is 10.2 Å². The third-order valence-electron chi connectivity index (χ3n) is 3.43. The summed E-state index contributed by atoms with van der Waals surface area (Å²) < 4.78 is 0. The normalized spacial score (nSPS) is 20.2. The lowest BCUT2D eigenvalue weighted by molar-refractivity contribution is 0.399. The molecule has 3 nitrogen and oxygen atoms in total. The van der Waals surface area contributed by atoms with Crippen LogP contribution in [-0.4, -0.2) is 31.6 Å². The molecule has 0 spiro atoms. The van der Waals surface area contributed by atoms with Crippen LogP contribution in [0.15, 0.2) is 18.2 Å². The molecule has 1 aromatic rings. The van der Waals surface area contributed by atoms with Crippen molar-refractivity contribution in [3.63, 3.8) is 0 Å². The summed E-state index contributed by atoms with van der Waals surface area (Å²) in [6, 6.07) is 7.97. The third-order valence-corrected chi connectivity index (χ3v) is 3.43. The van der Waals surface area contributed by atoms with Crippen molar-refractivity contribution in [1.29, 1.82) is 5.26 Å². The molecule has 0 bridgehead atoms. The second-order valence-corrected chi connectivity index (χ2v) is 4.94. The molecule has 1 fully saturated rings. The maximum absolute atomic E-state index is 8.81. The summed E-state index contributed by atoms with van der Waals surface area (Å²) in [5.41, 5.74) is 3.03. The minimum atomic E-state index is 0.730. The standard InChI is InChI=1S/C14H19N3/c1-11-7-12(8-15)3-4-14(11)16-9-13-5-6-17(2)10-13/h3-4,7,13,16H,5-6,9-10H2,1-2H3. The van der Waals surface area contributed by atoms with E-state index >= 15 is 0 Å². The van der Waals surface area contributed by atoms with Gasteiger partial charge in [0.1, 0.15) is 0 Å². The first-order valence-corrected chi connectivity index (χ1v) is 6.12. The maximum Gasteiger partial charge on any atom is 0.0991 e. The molecule has 0 radical (unpaired) electrons. The molecule has 0 aromatic heterocycles. The molecule has 17 heavy (non-hydrogen) atoms. The molecule has 1 aliphatic heterocycles. The molecule has 0 saturated carbocycles. The zero-order valence-electron chi connectivity index (χ0n) is 10.5. The Morgan fingerprint density at radius 3 is 2.94 bits per heavy atom. The highest BCUT2D eigenvalue weighted by molar-refractivity contribution is 5.54. The summed E-state index contributed by atoms with van der Waals surface area (Å²) >= 11 is 0. The van der Waals surface area contributed by atoms with Gasteiger partial charge in [-0.2, -0.15) is 5.26 Å². The van der Waals surface area contributed by atoms with Crippen molar-refractivity contribution < 1.29 is 0 Å². The molecule has 1 aliphatic rings. The van der Waals surface area contributed by atoms with Crippen LogP contribution in [0.5, 0.6) is 0 Å². The van der Waals surface area contributed by atoms with E-state index in [0.29, 0.717) is 0 Å². The zero-order chi connectivity index (χ0) is 12.3. The molecule has 90 valence electrons. The van der Waals surface area contributed by atoms with Gasteiger partial charge in [-0.25, -0.2) is 0 Å². The second kappa shape index (κ2) is 5.20. The molecular weight excluding hydrogens is 210 g/mol. The largest absolute Gasteiger partial charge is 0.385 e. The van der Waals surface area contributed by atoms with Crippen LogP contribution in [0.25, 0.3) is 0 Å². The average molecular weight is 229 g/mol. The first-order valence-electron chi connectivity index (χ1n) is 6.12. The smallest absolute Gasteiger partial charge is 0.0991 e. The molecular formula is C14H19N3. The van der Waals surface area contributed by atoms with E-state index in [1.54, 1.807) is 0 Å². The fourth-order valence-corrected chi connectivity index (χ4v) is 2.38. The number of aryl methyl sites for hydroxylation is 1. The van der Waals surface area contributed by atoms with E-state index in [4.69, 9.17) is 5.26 Å². The minimum Gasteiger partial charge on any atom is -0.385 e. The molecule has 1 unspecified atom stereocenters. The van der Waals surface area contributed by atoms with Crippen molar-refractivity contribution in [3.8, 4) is 6.07 Å². The third kappa shape index (κ3) is 2.98. The van der Waals surface area contributed by atoms with Crippen molar-refractivity contribution in [2.45, 2.75) is 13.3 Å². The number of hydrogen-bond acceptors (Lipinski definition) is 3. The first-order chi connectivity index (χ1) is 8.19. The number of nitrogens with zero attached hydrogens (tertiary/aromatic N) is 2. The summed E-state index contributed by atoms with van der Waals surface area (Å²) in [5, 5.41) is 12.3. The van der Waals surface area contributed by atoms with E-state index in [1.165, 1.54) is 19.5 Å². The topological polar surface area (TPSA) is 39.1 Å². The lowest BCUT2D eigenvalue weighted by Gasteiger charge is -2.14. The number of nitriles is 1. The van der Waals surface area contributed by atoms with Crippen molar-refractivity contribution in [2.75, 3.05) is 32.0 Å². The van der Waals surface area contributed by atoms with Crippen LogP contribution in [0, 0.1) is 24.2 Å². The van der Waals surface area contributed by atoms with E-state index in [9.17, 15) is 0 Å². The summed E-state index contributed by atoms with van der Waals surface area (Å²) in [4.78, 5) is 2.37. The maximum atomic E-state index is 8.81. The predicted molar refractivity (Wildman–Crippen MR) is 70.0 cm³/mol. The van der Waals surface area contributed by atoms with Gasteiger partial charge in [-0.3, -0.25) is 0 Å². The Labute approximate surface area is 103 Å². The van der Waals surface area contributed by atoms with E-state index < -0.39 is 0 Å². The van der Waals surface area contributed by atoms with Crippen LogP contribution in [-0.2, 0) is 0 Å². The lowest BCUT2D eigenvalue weighted by atomic mass is 10.1. The van der Waals surface area contributed by atoms with Gasteiger partial charge in [-0.1, -0.05) is 0 Å². The monoisotopic (exact) mass is 229 g/mol. The molecule has 0 amide bonds. The molecule has 0 aliphatic carbocycles. The van der Waals surface area contributed by atoms with Crippen molar-refractivity contribution in [3.05, 3.63) is 29.3 Å².